The van der Waals surface area contributed by atoms with Crippen molar-refractivity contribution in [3.05, 3.63) is 47.0 Å². The van der Waals surface area contributed by atoms with Crippen LogP contribution in [0, 0.1) is 11.7 Å². The normalized spacial score (nSPS) is 21.9. The molecule has 1 saturated heterocycles. The Labute approximate surface area is 156 Å². The van der Waals surface area contributed by atoms with Crippen molar-refractivity contribution in [1.29, 1.82) is 0 Å². The highest BCUT2D eigenvalue weighted by molar-refractivity contribution is 5.96. The molecule has 1 amide bonds. The van der Waals surface area contributed by atoms with Crippen LogP contribution in [0.4, 0.5) is 4.39 Å². The van der Waals surface area contributed by atoms with E-state index in [-0.39, 0.29) is 17.6 Å². The molecule has 2 aliphatic rings. The quantitative estimate of drug-likeness (QED) is 0.900. The number of hydrogen-bond acceptors (Lipinski definition) is 3. The van der Waals surface area contributed by atoms with Crippen molar-refractivity contribution in [3.63, 3.8) is 0 Å². The molecular weight excluding hydrogens is 349 g/mol. The third-order valence-corrected chi connectivity index (χ3v) is 5.61. The van der Waals surface area contributed by atoms with Gasteiger partial charge in [0.1, 0.15) is 11.9 Å². The number of aromatic nitrogens is 2. The number of carbonyl (C=O) groups is 2. The molecule has 0 bridgehead atoms. The van der Waals surface area contributed by atoms with E-state index in [1.165, 1.54) is 17.0 Å². The van der Waals surface area contributed by atoms with Crippen LogP contribution >= 0.6 is 0 Å². The van der Waals surface area contributed by atoms with Crippen LogP contribution < -0.4 is 0 Å². The molecule has 4 rings (SSSR count). The topological polar surface area (TPSA) is 75.4 Å². The van der Waals surface area contributed by atoms with Gasteiger partial charge in [0, 0.05) is 17.8 Å². The van der Waals surface area contributed by atoms with Gasteiger partial charge >= 0.3 is 5.97 Å². The maximum absolute atomic E-state index is 13.3. The number of carbonyl (C=O) groups excluding carboxylic acids is 1. The fourth-order valence-electron chi connectivity index (χ4n) is 4.16. The summed E-state index contributed by atoms with van der Waals surface area (Å²) in [6, 6.07) is 5.20. The van der Waals surface area contributed by atoms with E-state index in [9.17, 15) is 19.1 Å². The first-order chi connectivity index (χ1) is 13.0. The fraction of sp³-hybridized carbons (Fsp3) is 0.450. The number of hydrogen-bond donors (Lipinski definition) is 1. The van der Waals surface area contributed by atoms with Gasteiger partial charge in [0.15, 0.2) is 5.69 Å². The Hall–Kier alpha value is -2.70. The maximum atomic E-state index is 13.3. The highest BCUT2D eigenvalue weighted by Crippen LogP contribution is 2.31. The van der Waals surface area contributed by atoms with Gasteiger partial charge in [0.05, 0.1) is 5.69 Å². The van der Waals surface area contributed by atoms with Crippen LogP contribution in [0.1, 0.15) is 47.9 Å². The summed E-state index contributed by atoms with van der Waals surface area (Å²) in [7, 11) is 0. The molecule has 1 N–H and O–H groups in total. The van der Waals surface area contributed by atoms with Crippen molar-refractivity contribution in [2.75, 3.05) is 6.54 Å². The average Bonchev–Trinajstić information content (AvgIpc) is 3.24. The summed E-state index contributed by atoms with van der Waals surface area (Å²) in [5.41, 5.74) is 2.90. The number of fused-ring (bicyclic) bond motifs is 1. The summed E-state index contributed by atoms with van der Waals surface area (Å²) in [6.45, 7) is 2.44. The first-order valence-corrected chi connectivity index (χ1v) is 9.36. The van der Waals surface area contributed by atoms with Gasteiger partial charge in [0.2, 0.25) is 0 Å². The molecule has 1 aromatic heterocycles. The van der Waals surface area contributed by atoms with E-state index in [0.717, 1.165) is 36.9 Å². The Morgan fingerprint density at radius 2 is 1.96 bits per heavy atom. The van der Waals surface area contributed by atoms with Gasteiger partial charge in [-0.15, -0.1) is 0 Å². The molecule has 6 nitrogen and oxygen atoms in total. The summed E-state index contributed by atoms with van der Waals surface area (Å²) in [4.78, 5) is 26.3. The SMILES string of the molecule is CC1CCN(C(=O)c2nn(-c3ccc(F)cc3)c3c2CCC3)C(C(=O)O)C1. The lowest BCUT2D eigenvalue weighted by Gasteiger charge is -2.35. The van der Waals surface area contributed by atoms with Crippen LogP contribution in [0.15, 0.2) is 24.3 Å². The van der Waals surface area contributed by atoms with E-state index < -0.39 is 12.0 Å². The summed E-state index contributed by atoms with van der Waals surface area (Å²) in [5, 5.41) is 14.1. The largest absolute Gasteiger partial charge is 0.480 e. The first kappa shape index (κ1) is 17.7. The van der Waals surface area contributed by atoms with Crippen molar-refractivity contribution in [2.45, 2.75) is 45.1 Å². The Bertz CT molecular complexity index is 891. The predicted molar refractivity (Wildman–Crippen MR) is 96.4 cm³/mol. The number of benzene rings is 1. The maximum Gasteiger partial charge on any atom is 0.326 e. The van der Waals surface area contributed by atoms with Gasteiger partial charge in [-0.05, 0) is 62.3 Å². The third-order valence-electron chi connectivity index (χ3n) is 5.61. The number of carboxylic acid groups (broad SMARTS) is 1. The minimum absolute atomic E-state index is 0.276. The minimum Gasteiger partial charge on any atom is -0.480 e. The van der Waals surface area contributed by atoms with E-state index in [1.54, 1.807) is 16.8 Å². The molecule has 1 aliphatic heterocycles. The van der Waals surface area contributed by atoms with Gasteiger partial charge in [-0.3, -0.25) is 4.79 Å². The van der Waals surface area contributed by atoms with E-state index in [2.05, 4.69) is 5.10 Å². The highest BCUT2D eigenvalue weighted by atomic mass is 19.1. The molecule has 0 spiro atoms. The van der Waals surface area contributed by atoms with Gasteiger partial charge in [-0.2, -0.15) is 5.10 Å². The lowest BCUT2D eigenvalue weighted by Crippen LogP contribution is -2.50. The fourth-order valence-corrected chi connectivity index (χ4v) is 4.16. The summed E-state index contributed by atoms with van der Waals surface area (Å²) in [6.07, 6.45) is 3.72. The molecular formula is C20H22FN3O3. The lowest BCUT2D eigenvalue weighted by molar-refractivity contribution is -0.144. The van der Waals surface area contributed by atoms with Crippen LogP contribution in [0.3, 0.4) is 0 Å². The van der Waals surface area contributed by atoms with E-state index in [1.807, 2.05) is 6.92 Å². The second-order valence-electron chi connectivity index (χ2n) is 7.50. The molecule has 1 aromatic carbocycles. The number of aliphatic carboxylic acids is 1. The minimum atomic E-state index is -0.968. The van der Waals surface area contributed by atoms with Crippen molar-refractivity contribution in [3.8, 4) is 5.69 Å². The standard InChI is InChI=1S/C20H22FN3O3/c1-12-9-10-23(17(11-12)20(26)27)19(25)18-15-3-2-4-16(15)24(22-18)14-7-5-13(21)6-8-14/h5-8,12,17H,2-4,9-11H2,1H3,(H,26,27). The molecule has 0 radical (unpaired) electrons. The van der Waals surface area contributed by atoms with Crippen molar-refractivity contribution < 1.29 is 19.1 Å². The molecule has 2 heterocycles. The second-order valence-corrected chi connectivity index (χ2v) is 7.50. The first-order valence-electron chi connectivity index (χ1n) is 9.36. The number of amides is 1. The van der Waals surface area contributed by atoms with Crippen molar-refractivity contribution in [2.24, 2.45) is 5.92 Å². The van der Waals surface area contributed by atoms with Crippen molar-refractivity contribution in [1.82, 2.24) is 14.7 Å². The number of rotatable bonds is 3. The highest BCUT2D eigenvalue weighted by Gasteiger charge is 2.38. The summed E-state index contributed by atoms with van der Waals surface area (Å²) < 4.78 is 15.0. The zero-order valence-electron chi connectivity index (χ0n) is 15.2. The molecule has 27 heavy (non-hydrogen) atoms. The van der Waals surface area contributed by atoms with Gasteiger partial charge < -0.3 is 10.0 Å². The third kappa shape index (κ3) is 3.11. The number of nitrogens with zero attached hydrogens (tertiary/aromatic N) is 3. The second kappa shape index (κ2) is 6.79. The lowest BCUT2D eigenvalue weighted by atomic mass is 9.92. The van der Waals surface area contributed by atoms with Crippen molar-refractivity contribution >= 4 is 11.9 Å². The van der Waals surface area contributed by atoms with Crippen LogP contribution in [0.2, 0.25) is 0 Å². The van der Waals surface area contributed by atoms with Gasteiger partial charge in [-0.1, -0.05) is 6.92 Å². The molecule has 142 valence electrons. The predicted octanol–water partition coefficient (Wildman–Crippen LogP) is 2.83. The molecule has 2 unspecified atom stereocenters. The van der Waals surface area contributed by atoms with E-state index in [0.29, 0.717) is 24.3 Å². The monoisotopic (exact) mass is 371 g/mol. The van der Waals surface area contributed by atoms with Crippen LogP contribution in [-0.4, -0.2) is 44.3 Å². The molecule has 1 aliphatic carbocycles. The Morgan fingerprint density at radius 1 is 1.22 bits per heavy atom. The number of halogens is 1. The van der Waals surface area contributed by atoms with Crippen LogP contribution in [0.5, 0.6) is 0 Å². The van der Waals surface area contributed by atoms with Crippen LogP contribution in [-0.2, 0) is 17.6 Å². The summed E-state index contributed by atoms with van der Waals surface area (Å²) in [5.74, 6) is -1.33. The van der Waals surface area contributed by atoms with E-state index in [4.69, 9.17) is 0 Å². The average molecular weight is 371 g/mol. The molecule has 2 aromatic rings. The number of carboxylic acids is 1. The zero-order valence-corrected chi connectivity index (χ0v) is 15.2. The van der Waals surface area contributed by atoms with Gasteiger partial charge in [0.25, 0.3) is 5.91 Å². The Morgan fingerprint density at radius 3 is 2.67 bits per heavy atom. The zero-order chi connectivity index (χ0) is 19.1. The van der Waals surface area contributed by atoms with E-state index >= 15 is 0 Å². The molecule has 7 heteroatoms. The van der Waals surface area contributed by atoms with Gasteiger partial charge in [-0.25, -0.2) is 13.9 Å². The summed E-state index contributed by atoms with van der Waals surface area (Å²) >= 11 is 0. The van der Waals surface area contributed by atoms with Crippen LogP contribution in [0.25, 0.3) is 5.69 Å². The molecule has 0 saturated carbocycles. The number of likely N-dealkylation sites (tertiary alicyclic amines) is 1. The molecule has 2 atom stereocenters. The Kier molecular flexibility index (Phi) is 4.45. The number of piperidine rings is 1. The molecule has 1 fully saturated rings. The Balaban J connectivity index is 1.71. The smallest absolute Gasteiger partial charge is 0.326 e.